The van der Waals surface area contributed by atoms with Crippen molar-refractivity contribution in [2.75, 3.05) is 13.2 Å². The third-order valence-corrected chi connectivity index (χ3v) is 1.77. The van der Waals surface area contributed by atoms with E-state index in [1.807, 2.05) is 13.8 Å². The molecular weight excluding hydrogens is 144 g/mol. The smallest absolute Gasteiger partial charge is 0.163 e. The van der Waals surface area contributed by atoms with Crippen LogP contribution in [0.5, 0.6) is 0 Å². The van der Waals surface area contributed by atoms with Crippen molar-refractivity contribution in [2.45, 2.75) is 32.5 Å². The molecule has 1 heterocycles. The number of carbonyl (C=O) groups excluding carboxylic acids is 1. The van der Waals surface area contributed by atoms with E-state index in [-0.39, 0.29) is 18.0 Å². The van der Waals surface area contributed by atoms with E-state index >= 15 is 0 Å². The molecule has 1 rings (SSSR count). The third kappa shape index (κ3) is 2.27. The molecule has 0 spiro atoms. The van der Waals surface area contributed by atoms with E-state index in [0.717, 1.165) is 0 Å². The number of hydrogen-bond acceptors (Lipinski definition) is 3. The van der Waals surface area contributed by atoms with Crippen LogP contribution in [0.15, 0.2) is 0 Å². The van der Waals surface area contributed by atoms with Gasteiger partial charge in [-0.25, -0.2) is 0 Å². The summed E-state index contributed by atoms with van der Waals surface area (Å²) in [4.78, 5) is 11.1. The highest BCUT2D eigenvalue weighted by Crippen LogP contribution is 2.08. The molecule has 2 unspecified atom stereocenters. The topological polar surface area (TPSA) is 35.5 Å². The zero-order valence-corrected chi connectivity index (χ0v) is 7.00. The van der Waals surface area contributed by atoms with Crippen LogP contribution in [0.4, 0.5) is 0 Å². The number of hydrogen-bond donors (Lipinski definition) is 0. The first kappa shape index (κ1) is 8.68. The molecule has 1 saturated heterocycles. The molecule has 64 valence electrons. The molecule has 1 aliphatic rings. The monoisotopic (exact) mass is 158 g/mol. The van der Waals surface area contributed by atoms with E-state index in [4.69, 9.17) is 9.47 Å². The van der Waals surface area contributed by atoms with E-state index in [2.05, 4.69) is 0 Å². The van der Waals surface area contributed by atoms with E-state index in [1.54, 1.807) is 0 Å². The van der Waals surface area contributed by atoms with Crippen molar-refractivity contribution in [1.82, 2.24) is 0 Å². The van der Waals surface area contributed by atoms with Crippen LogP contribution < -0.4 is 0 Å². The second-order valence-electron chi connectivity index (χ2n) is 2.79. The molecule has 3 nitrogen and oxygen atoms in total. The van der Waals surface area contributed by atoms with Crippen LogP contribution in [0.25, 0.3) is 0 Å². The predicted octanol–water partition coefficient (Wildman–Crippen LogP) is 0.769. The number of carbonyl (C=O) groups is 1. The van der Waals surface area contributed by atoms with Gasteiger partial charge in [0.05, 0.1) is 19.3 Å². The van der Waals surface area contributed by atoms with E-state index in [0.29, 0.717) is 19.6 Å². The standard InChI is InChI=1S/C8H14O3/c1-3-7(9)8-5-10-6(2)4-11-8/h6,8H,3-5H2,1-2H3. The maximum Gasteiger partial charge on any atom is 0.163 e. The Balaban J connectivity index is 2.33. The molecule has 0 amide bonds. The van der Waals surface area contributed by atoms with Crippen LogP contribution in [-0.2, 0) is 14.3 Å². The lowest BCUT2D eigenvalue weighted by atomic mass is 10.2. The van der Waals surface area contributed by atoms with Gasteiger partial charge >= 0.3 is 0 Å². The molecular formula is C8H14O3. The lowest BCUT2D eigenvalue weighted by Gasteiger charge is -2.26. The minimum atomic E-state index is -0.309. The minimum absolute atomic E-state index is 0.135. The van der Waals surface area contributed by atoms with Gasteiger partial charge in [0.25, 0.3) is 0 Å². The highest BCUT2D eigenvalue weighted by molar-refractivity contribution is 5.82. The number of rotatable bonds is 2. The van der Waals surface area contributed by atoms with Crippen LogP contribution in [0, 0.1) is 0 Å². The Morgan fingerprint density at radius 3 is 2.64 bits per heavy atom. The Bertz CT molecular complexity index is 136. The normalized spacial score (nSPS) is 31.8. The Hall–Kier alpha value is -0.410. The van der Waals surface area contributed by atoms with Gasteiger partial charge in [0.1, 0.15) is 6.10 Å². The lowest BCUT2D eigenvalue weighted by Crippen LogP contribution is -2.38. The van der Waals surface area contributed by atoms with Crippen molar-refractivity contribution < 1.29 is 14.3 Å². The highest BCUT2D eigenvalue weighted by atomic mass is 16.6. The maximum atomic E-state index is 11.1. The number of ether oxygens (including phenoxy) is 2. The fourth-order valence-electron chi connectivity index (χ4n) is 1.01. The molecule has 0 aromatic heterocycles. The molecule has 0 aliphatic carbocycles. The molecule has 0 aromatic rings. The largest absolute Gasteiger partial charge is 0.373 e. The van der Waals surface area contributed by atoms with Gasteiger partial charge in [0.2, 0.25) is 0 Å². The summed E-state index contributed by atoms with van der Waals surface area (Å²) in [5.74, 6) is 0.136. The fraction of sp³-hybridized carbons (Fsp3) is 0.875. The predicted molar refractivity (Wildman–Crippen MR) is 40.5 cm³/mol. The van der Waals surface area contributed by atoms with Crippen molar-refractivity contribution in [3.8, 4) is 0 Å². The summed E-state index contributed by atoms with van der Waals surface area (Å²) in [6.45, 7) is 4.74. The Kier molecular flexibility index (Phi) is 3.02. The molecule has 0 aromatic carbocycles. The van der Waals surface area contributed by atoms with Gasteiger partial charge < -0.3 is 9.47 Å². The third-order valence-electron chi connectivity index (χ3n) is 1.77. The zero-order valence-electron chi connectivity index (χ0n) is 7.00. The first-order chi connectivity index (χ1) is 5.24. The number of Topliss-reactive ketones (excluding diaryl/α,β-unsaturated/α-hetero) is 1. The van der Waals surface area contributed by atoms with Gasteiger partial charge in [-0.1, -0.05) is 6.92 Å². The van der Waals surface area contributed by atoms with Crippen LogP contribution in [0.1, 0.15) is 20.3 Å². The van der Waals surface area contributed by atoms with Crippen molar-refractivity contribution in [1.29, 1.82) is 0 Å². The summed E-state index contributed by atoms with van der Waals surface area (Å²) in [5.41, 5.74) is 0. The van der Waals surface area contributed by atoms with Gasteiger partial charge in [-0.3, -0.25) is 4.79 Å². The minimum Gasteiger partial charge on any atom is -0.373 e. The van der Waals surface area contributed by atoms with Gasteiger partial charge in [0.15, 0.2) is 5.78 Å². The summed E-state index contributed by atoms with van der Waals surface area (Å²) < 4.78 is 10.5. The van der Waals surface area contributed by atoms with Gasteiger partial charge in [0, 0.05) is 6.42 Å². The average molecular weight is 158 g/mol. The first-order valence-electron chi connectivity index (χ1n) is 4.00. The van der Waals surface area contributed by atoms with E-state index in [1.165, 1.54) is 0 Å². The molecule has 3 heteroatoms. The molecule has 1 aliphatic heterocycles. The maximum absolute atomic E-state index is 11.1. The zero-order chi connectivity index (χ0) is 8.27. The summed E-state index contributed by atoms with van der Waals surface area (Å²) in [5, 5.41) is 0. The van der Waals surface area contributed by atoms with Crippen molar-refractivity contribution >= 4 is 5.78 Å². The Labute approximate surface area is 66.7 Å². The van der Waals surface area contributed by atoms with Gasteiger partial charge in [-0.2, -0.15) is 0 Å². The summed E-state index contributed by atoms with van der Waals surface area (Å²) in [7, 11) is 0. The molecule has 1 fully saturated rings. The van der Waals surface area contributed by atoms with Crippen LogP contribution in [-0.4, -0.2) is 31.2 Å². The molecule has 0 N–H and O–H groups in total. The van der Waals surface area contributed by atoms with Crippen LogP contribution >= 0.6 is 0 Å². The van der Waals surface area contributed by atoms with Gasteiger partial charge in [-0.05, 0) is 6.92 Å². The molecule has 0 radical (unpaired) electrons. The summed E-state index contributed by atoms with van der Waals surface area (Å²) in [6.07, 6.45) is 0.356. The summed E-state index contributed by atoms with van der Waals surface area (Å²) >= 11 is 0. The van der Waals surface area contributed by atoms with Crippen molar-refractivity contribution in [3.63, 3.8) is 0 Å². The summed E-state index contributed by atoms with van der Waals surface area (Å²) in [6, 6.07) is 0. The van der Waals surface area contributed by atoms with Gasteiger partial charge in [-0.15, -0.1) is 0 Å². The van der Waals surface area contributed by atoms with Crippen molar-refractivity contribution in [3.05, 3.63) is 0 Å². The Morgan fingerprint density at radius 1 is 1.45 bits per heavy atom. The fourth-order valence-corrected chi connectivity index (χ4v) is 1.01. The van der Waals surface area contributed by atoms with Crippen LogP contribution in [0.2, 0.25) is 0 Å². The molecule has 11 heavy (non-hydrogen) atoms. The lowest BCUT2D eigenvalue weighted by molar-refractivity contribution is -0.155. The Morgan fingerprint density at radius 2 is 2.18 bits per heavy atom. The SMILES string of the molecule is CCC(=O)C1COC(C)CO1. The average Bonchev–Trinajstić information content (AvgIpc) is 2.05. The van der Waals surface area contributed by atoms with E-state index in [9.17, 15) is 4.79 Å². The first-order valence-corrected chi connectivity index (χ1v) is 4.00. The highest BCUT2D eigenvalue weighted by Gasteiger charge is 2.23. The van der Waals surface area contributed by atoms with Crippen molar-refractivity contribution in [2.24, 2.45) is 0 Å². The molecule has 0 saturated carbocycles. The quantitative estimate of drug-likeness (QED) is 0.595. The second kappa shape index (κ2) is 3.83. The molecule has 0 bridgehead atoms. The molecule has 2 atom stereocenters. The number of ketones is 1. The van der Waals surface area contributed by atoms with E-state index < -0.39 is 0 Å². The second-order valence-corrected chi connectivity index (χ2v) is 2.79. The van der Waals surface area contributed by atoms with Crippen LogP contribution in [0.3, 0.4) is 0 Å².